The van der Waals surface area contributed by atoms with Crippen molar-refractivity contribution in [2.75, 3.05) is 23.4 Å². The molecule has 4 aromatic rings. The van der Waals surface area contributed by atoms with E-state index >= 15 is 0 Å². The molecular weight excluding hydrogens is 504 g/mol. The standard InChI is InChI=1S/C30H25ClN2O5/c31-22-16-17-26(25(18-22)30(37)29(36)21-10-4-1-5-11-21)32-27(34)19-38-20-28(35)33(23-12-6-2-7-13-23)24-14-8-3-9-15-24/h1-18,29,36H,19-20H2,(H,32,34). The number of aliphatic hydroxyl groups is 1. The van der Waals surface area contributed by atoms with Crippen molar-refractivity contribution < 1.29 is 24.2 Å². The van der Waals surface area contributed by atoms with Gasteiger partial charge in [-0.3, -0.25) is 19.3 Å². The van der Waals surface area contributed by atoms with Crippen LogP contribution in [0.25, 0.3) is 0 Å². The number of hydrogen-bond donors (Lipinski definition) is 2. The minimum Gasteiger partial charge on any atom is -0.380 e. The number of carbonyl (C=O) groups excluding carboxylic acids is 3. The first-order valence-electron chi connectivity index (χ1n) is 11.8. The Bertz CT molecular complexity index is 1360. The molecule has 4 aromatic carbocycles. The van der Waals surface area contributed by atoms with E-state index in [-0.39, 0.29) is 28.8 Å². The fourth-order valence-electron chi connectivity index (χ4n) is 3.84. The van der Waals surface area contributed by atoms with Gasteiger partial charge in [0, 0.05) is 22.0 Å². The van der Waals surface area contributed by atoms with E-state index in [1.54, 1.807) is 54.6 Å². The molecule has 0 aliphatic rings. The second-order valence-corrected chi connectivity index (χ2v) is 8.75. The molecule has 38 heavy (non-hydrogen) atoms. The second-order valence-electron chi connectivity index (χ2n) is 8.31. The van der Waals surface area contributed by atoms with Gasteiger partial charge in [0.25, 0.3) is 5.91 Å². The monoisotopic (exact) mass is 528 g/mol. The Hall–Kier alpha value is -4.30. The first kappa shape index (κ1) is 26.8. The Morgan fingerprint density at radius 2 is 1.34 bits per heavy atom. The lowest BCUT2D eigenvalue weighted by Crippen LogP contribution is -2.31. The van der Waals surface area contributed by atoms with E-state index in [1.165, 1.54) is 23.1 Å². The maximum absolute atomic E-state index is 13.1. The Morgan fingerprint density at radius 3 is 1.92 bits per heavy atom. The molecule has 4 rings (SSSR count). The fraction of sp³-hybridized carbons (Fsp3) is 0.100. The molecule has 0 fully saturated rings. The number of anilines is 3. The molecule has 0 saturated carbocycles. The van der Waals surface area contributed by atoms with Gasteiger partial charge in [0.1, 0.15) is 19.3 Å². The summed E-state index contributed by atoms with van der Waals surface area (Å²) in [6.45, 7) is -0.781. The lowest BCUT2D eigenvalue weighted by molar-refractivity contribution is -0.126. The maximum Gasteiger partial charge on any atom is 0.257 e. The number of benzene rings is 4. The molecule has 192 valence electrons. The Labute approximate surface area is 225 Å². The van der Waals surface area contributed by atoms with Crippen molar-refractivity contribution in [2.24, 2.45) is 0 Å². The Kier molecular flexibility index (Phi) is 9.00. The van der Waals surface area contributed by atoms with Crippen molar-refractivity contribution in [3.63, 3.8) is 0 Å². The third-order valence-corrected chi connectivity index (χ3v) is 5.86. The highest BCUT2D eigenvalue weighted by atomic mass is 35.5. The van der Waals surface area contributed by atoms with Crippen molar-refractivity contribution in [3.05, 3.63) is 125 Å². The molecule has 2 amide bonds. The van der Waals surface area contributed by atoms with Gasteiger partial charge in [-0.2, -0.15) is 0 Å². The molecule has 0 heterocycles. The number of nitrogens with one attached hydrogen (secondary N) is 1. The number of ether oxygens (including phenoxy) is 1. The van der Waals surface area contributed by atoms with Gasteiger partial charge in [0.05, 0.1) is 5.69 Å². The number of rotatable bonds is 10. The number of amides is 2. The SMILES string of the molecule is O=C(COCC(=O)N(c1ccccc1)c1ccccc1)Nc1ccc(Cl)cc1C(=O)C(O)c1ccccc1. The fourth-order valence-corrected chi connectivity index (χ4v) is 4.01. The molecule has 0 aliphatic carbocycles. The highest BCUT2D eigenvalue weighted by Gasteiger charge is 2.23. The van der Waals surface area contributed by atoms with Crippen molar-refractivity contribution in [3.8, 4) is 0 Å². The third kappa shape index (κ3) is 6.72. The van der Waals surface area contributed by atoms with Crippen LogP contribution in [0.2, 0.25) is 5.02 Å². The lowest BCUT2D eigenvalue weighted by atomic mass is 9.98. The number of halogens is 1. The predicted octanol–water partition coefficient (Wildman–Crippen LogP) is 5.58. The zero-order valence-electron chi connectivity index (χ0n) is 20.3. The number of carbonyl (C=O) groups is 3. The Morgan fingerprint density at radius 1 is 0.789 bits per heavy atom. The molecule has 0 radical (unpaired) electrons. The number of hydrogen-bond acceptors (Lipinski definition) is 5. The summed E-state index contributed by atoms with van der Waals surface area (Å²) in [4.78, 5) is 40.2. The van der Waals surface area contributed by atoms with E-state index in [4.69, 9.17) is 16.3 Å². The largest absolute Gasteiger partial charge is 0.380 e. The van der Waals surface area contributed by atoms with E-state index in [9.17, 15) is 19.5 Å². The van der Waals surface area contributed by atoms with E-state index in [0.717, 1.165) is 0 Å². The van der Waals surface area contributed by atoms with Crippen LogP contribution in [0.3, 0.4) is 0 Å². The highest BCUT2D eigenvalue weighted by Crippen LogP contribution is 2.27. The zero-order valence-corrected chi connectivity index (χ0v) is 21.0. The first-order chi connectivity index (χ1) is 18.4. The number of nitrogens with zero attached hydrogens (tertiary/aromatic N) is 1. The van der Waals surface area contributed by atoms with Crippen LogP contribution < -0.4 is 10.2 Å². The summed E-state index contributed by atoms with van der Waals surface area (Å²) < 4.78 is 5.43. The van der Waals surface area contributed by atoms with E-state index in [2.05, 4.69) is 5.32 Å². The minimum atomic E-state index is -1.43. The van der Waals surface area contributed by atoms with Crippen molar-refractivity contribution in [1.82, 2.24) is 0 Å². The molecule has 0 saturated heterocycles. The van der Waals surface area contributed by atoms with Crippen LogP contribution >= 0.6 is 11.6 Å². The molecule has 8 heteroatoms. The second kappa shape index (κ2) is 12.8. The molecule has 1 atom stereocenters. The molecule has 0 bridgehead atoms. The normalized spacial score (nSPS) is 11.4. The summed E-state index contributed by atoms with van der Waals surface area (Å²) in [6.07, 6.45) is -1.43. The average Bonchev–Trinajstić information content (AvgIpc) is 2.95. The minimum absolute atomic E-state index is 0.0533. The molecule has 0 aliphatic heterocycles. The van der Waals surface area contributed by atoms with Gasteiger partial charge in [-0.15, -0.1) is 0 Å². The van der Waals surface area contributed by atoms with Crippen molar-refractivity contribution in [2.45, 2.75) is 6.10 Å². The van der Waals surface area contributed by atoms with Gasteiger partial charge in [0.15, 0.2) is 5.78 Å². The average molecular weight is 529 g/mol. The van der Waals surface area contributed by atoms with Crippen molar-refractivity contribution in [1.29, 1.82) is 0 Å². The Balaban J connectivity index is 1.41. The maximum atomic E-state index is 13.1. The van der Waals surface area contributed by atoms with Gasteiger partial charge >= 0.3 is 0 Å². The van der Waals surface area contributed by atoms with Gasteiger partial charge in [0.2, 0.25) is 5.91 Å². The molecule has 2 N–H and O–H groups in total. The number of aliphatic hydroxyl groups excluding tert-OH is 1. The summed E-state index contributed by atoms with van der Waals surface area (Å²) in [5, 5.41) is 13.4. The molecule has 0 aromatic heterocycles. The van der Waals surface area contributed by atoms with Crippen LogP contribution in [0.5, 0.6) is 0 Å². The summed E-state index contributed by atoms with van der Waals surface area (Å²) in [6, 6.07) is 31.1. The third-order valence-electron chi connectivity index (χ3n) is 5.62. The summed E-state index contributed by atoms with van der Waals surface area (Å²) in [5.74, 6) is -1.55. The van der Waals surface area contributed by atoms with Gasteiger partial charge in [-0.1, -0.05) is 78.3 Å². The number of ketones is 1. The van der Waals surface area contributed by atoms with Crippen LogP contribution in [-0.4, -0.2) is 35.9 Å². The van der Waals surface area contributed by atoms with Crippen LogP contribution in [0.4, 0.5) is 17.1 Å². The van der Waals surface area contributed by atoms with E-state index < -0.39 is 24.4 Å². The number of Topliss-reactive ketones (excluding diaryl/α,β-unsaturated/α-hetero) is 1. The molecule has 0 spiro atoms. The zero-order chi connectivity index (χ0) is 26.9. The first-order valence-corrected chi connectivity index (χ1v) is 12.2. The van der Waals surface area contributed by atoms with Gasteiger partial charge in [-0.25, -0.2) is 0 Å². The van der Waals surface area contributed by atoms with Crippen LogP contribution in [0.15, 0.2) is 109 Å². The molecule has 1 unspecified atom stereocenters. The summed E-state index contributed by atoms with van der Waals surface area (Å²) in [5.41, 5.74) is 1.97. The molecular formula is C30H25ClN2O5. The molecule has 7 nitrogen and oxygen atoms in total. The highest BCUT2D eigenvalue weighted by molar-refractivity contribution is 6.31. The lowest BCUT2D eigenvalue weighted by Gasteiger charge is -2.23. The van der Waals surface area contributed by atoms with E-state index in [0.29, 0.717) is 16.9 Å². The topological polar surface area (TPSA) is 95.9 Å². The smallest absolute Gasteiger partial charge is 0.257 e. The number of para-hydroxylation sites is 2. The predicted molar refractivity (Wildman–Crippen MR) is 147 cm³/mol. The summed E-state index contributed by atoms with van der Waals surface area (Å²) in [7, 11) is 0. The summed E-state index contributed by atoms with van der Waals surface area (Å²) >= 11 is 6.08. The van der Waals surface area contributed by atoms with E-state index in [1.807, 2.05) is 36.4 Å². The quantitative estimate of drug-likeness (QED) is 0.262. The van der Waals surface area contributed by atoms with Gasteiger partial charge in [-0.05, 0) is 48.0 Å². The van der Waals surface area contributed by atoms with Crippen LogP contribution in [0, 0.1) is 0 Å². The van der Waals surface area contributed by atoms with Crippen LogP contribution in [0.1, 0.15) is 22.0 Å². The van der Waals surface area contributed by atoms with Crippen LogP contribution in [-0.2, 0) is 14.3 Å². The van der Waals surface area contributed by atoms with Crippen molar-refractivity contribution >= 4 is 46.3 Å². The van der Waals surface area contributed by atoms with Gasteiger partial charge < -0.3 is 15.2 Å².